The fourth-order valence-corrected chi connectivity index (χ4v) is 3.88. The second kappa shape index (κ2) is 10.7. The Kier molecular flexibility index (Phi) is 9.74. The first-order chi connectivity index (χ1) is 11.4. The molecule has 1 aliphatic carbocycles. The molecule has 5 nitrogen and oxygen atoms in total. The molecule has 6 heteroatoms. The van der Waals surface area contributed by atoms with E-state index in [0.717, 1.165) is 64.2 Å². The molecule has 0 amide bonds. The highest BCUT2D eigenvalue weighted by atomic mass is 127. The van der Waals surface area contributed by atoms with Gasteiger partial charge in [0.1, 0.15) is 0 Å². The van der Waals surface area contributed by atoms with E-state index in [1.54, 1.807) is 0 Å². The molecule has 0 radical (unpaired) electrons. The second-order valence-corrected chi connectivity index (χ2v) is 7.99. The van der Waals surface area contributed by atoms with Crippen LogP contribution in [0, 0.1) is 5.41 Å². The summed E-state index contributed by atoms with van der Waals surface area (Å²) in [7, 11) is 1.82. The minimum absolute atomic E-state index is 0. The molecule has 2 aliphatic rings. The first kappa shape index (κ1) is 22.7. The predicted octanol–water partition coefficient (Wildman–Crippen LogP) is 2.75. The highest BCUT2D eigenvalue weighted by Crippen LogP contribution is 2.35. The molecule has 0 spiro atoms. The fraction of sp³-hybridized carbons (Fsp3) is 0.842. The van der Waals surface area contributed by atoms with Gasteiger partial charge < -0.3 is 15.7 Å². The van der Waals surface area contributed by atoms with Crippen molar-refractivity contribution < 1.29 is 5.11 Å². The van der Waals surface area contributed by atoms with Crippen LogP contribution in [-0.2, 0) is 0 Å². The minimum Gasteiger partial charge on any atom is -0.392 e. The van der Waals surface area contributed by atoms with Crippen LogP contribution in [0.5, 0.6) is 0 Å². The summed E-state index contributed by atoms with van der Waals surface area (Å²) in [6.45, 7) is 12.3. The van der Waals surface area contributed by atoms with E-state index in [0.29, 0.717) is 6.04 Å². The van der Waals surface area contributed by atoms with Crippen LogP contribution in [-0.4, -0.2) is 61.3 Å². The molecule has 1 saturated carbocycles. The normalized spacial score (nSPS) is 29.0. The van der Waals surface area contributed by atoms with Gasteiger partial charge in [-0.05, 0) is 32.6 Å². The molecule has 2 atom stereocenters. The van der Waals surface area contributed by atoms with Gasteiger partial charge in [-0.15, -0.1) is 24.0 Å². The number of likely N-dealkylation sites (tertiary alicyclic amines) is 1. The van der Waals surface area contributed by atoms with Gasteiger partial charge in [0.15, 0.2) is 5.96 Å². The number of hydrogen-bond acceptors (Lipinski definition) is 3. The van der Waals surface area contributed by atoms with Gasteiger partial charge in [-0.2, -0.15) is 0 Å². The van der Waals surface area contributed by atoms with E-state index < -0.39 is 0 Å². The molecule has 1 saturated heterocycles. The monoisotopic (exact) mass is 464 g/mol. The van der Waals surface area contributed by atoms with Crippen LogP contribution in [0.2, 0.25) is 0 Å². The van der Waals surface area contributed by atoms with Gasteiger partial charge >= 0.3 is 0 Å². The van der Waals surface area contributed by atoms with Crippen LogP contribution in [0.15, 0.2) is 17.1 Å². The summed E-state index contributed by atoms with van der Waals surface area (Å²) in [6, 6.07) is 0.474. The van der Waals surface area contributed by atoms with Gasteiger partial charge in [-0.1, -0.05) is 31.9 Å². The Balaban J connectivity index is 0.00000312. The van der Waals surface area contributed by atoms with Crippen molar-refractivity contribution in [3.05, 3.63) is 12.2 Å². The molecule has 0 bridgehead atoms. The number of hydrogen-bond donors (Lipinski definition) is 3. The van der Waals surface area contributed by atoms with Gasteiger partial charge in [-0.25, -0.2) is 0 Å². The van der Waals surface area contributed by atoms with E-state index in [9.17, 15) is 5.11 Å². The van der Waals surface area contributed by atoms with Crippen molar-refractivity contribution in [1.82, 2.24) is 15.5 Å². The zero-order valence-electron chi connectivity index (χ0n) is 16.2. The van der Waals surface area contributed by atoms with Gasteiger partial charge in [0.25, 0.3) is 0 Å². The van der Waals surface area contributed by atoms with E-state index in [-0.39, 0.29) is 35.5 Å². The second-order valence-electron chi connectivity index (χ2n) is 7.99. The van der Waals surface area contributed by atoms with Gasteiger partial charge in [-0.3, -0.25) is 9.89 Å². The van der Waals surface area contributed by atoms with Crippen LogP contribution in [0.25, 0.3) is 0 Å². The smallest absolute Gasteiger partial charge is 0.191 e. The highest BCUT2D eigenvalue weighted by molar-refractivity contribution is 14.0. The maximum absolute atomic E-state index is 10.3. The first-order valence-electron chi connectivity index (χ1n) is 9.45. The molecule has 0 aromatic rings. The third kappa shape index (κ3) is 7.06. The summed E-state index contributed by atoms with van der Waals surface area (Å²) in [5.41, 5.74) is 1.19. The number of nitrogens with zero attached hydrogens (tertiary/aromatic N) is 2. The molecule has 3 N–H and O–H groups in total. The molecular weight excluding hydrogens is 427 g/mol. The Bertz CT molecular complexity index is 449. The Morgan fingerprint density at radius 2 is 1.96 bits per heavy atom. The average molecular weight is 464 g/mol. The highest BCUT2D eigenvalue weighted by Gasteiger charge is 2.35. The Labute approximate surface area is 170 Å². The number of rotatable bonds is 5. The van der Waals surface area contributed by atoms with E-state index in [2.05, 4.69) is 41.0 Å². The van der Waals surface area contributed by atoms with Crippen molar-refractivity contribution in [2.75, 3.05) is 33.2 Å². The third-order valence-electron chi connectivity index (χ3n) is 5.59. The quantitative estimate of drug-likeness (QED) is 0.254. The summed E-state index contributed by atoms with van der Waals surface area (Å²) >= 11 is 0. The Hall–Kier alpha value is -0.340. The summed E-state index contributed by atoms with van der Waals surface area (Å²) in [5.74, 6) is 0.868. The van der Waals surface area contributed by atoms with Crippen LogP contribution >= 0.6 is 24.0 Å². The standard InChI is InChI=1S/C19H36N4O.HI/c1-15(2)13-23-11-8-16(9-12-23)22-18(20-4)21-14-19(3)10-6-5-7-17(19)24;/h16-17,24H,1,5-14H2,2-4H3,(H2,20,21,22);1H. The lowest BCUT2D eigenvalue weighted by Gasteiger charge is -2.39. The number of aliphatic imine (C=N–C) groups is 1. The van der Waals surface area contributed by atoms with Crippen molar-refractivity contribution in [3.8, 4) is 0 Å². The van der Waals surface area contributed by atoms with Crippen molar-refractivity contribution in [3.63, 3.8) is 0 Å². The molecule has 0 aromatic carbocycles. The molecule has 2 unspecified atom stereocenters. The number of nitrogens with one attached hydrogen (secondary N) is 2. The molecule has 2 fully saturated rings. The maximum atomic E-state index is 10.3. The number of halogens is 1. The van der Waals surface area contributed by atoms with Gasteiger partial charge in [0.05, 0.1) is 6.10 Å². The van der Waals surface area contributed by atoms with Crippen molar-refractivity contribution in [2.24, 2.45) is 10.4 Å². The number of piperidine rings is 1. The zero-order valence-corrected chi connectivity index (χ0v) is 18.5. The van der Waals surface area contributed by atoms with Gasteiger partial charge in [0.2, 0.25) is 0 Å². The minimum atomic E-state index is -0.206. The largest absolute Gasteiger partial charge is 0.392 e. The van der Waals surface area contributed by atoms with E-state index in [4.69, 9.17) is 0 Å². The average Bonchev–Trinajstić information content (AvgIpc) is 2.55. The first-order valence-corrected chi connectivity index (χ1v) is 9.45. The molecule has 1 heterocycles. The van der Waals surface area contributed by atoms with Gasteiger partial charge in [0, 0.05) is 44.7 Å². The van der Waals surface area contributed by atoms with Crippen molar-refractivity contribution in [2.45, 2.75) is 64.5 Å². The number of aliphatic hydroxyl groups is 1. The van der Waals surface area contributed by atoms with Crippen LogP contribution < -0.4 is 10.6 Å². The third-order valence-corrected chi connectivity index (χ3v) is 5.59. The Morgan fingerprint density at radius 1 is 1.28 bits per heavy atom. The van der Waals surface area contributed by atoms with Crippen LogP contribution in [0.1, 0.15) is 52.4 Å². The van der Waals surface area contributed by atoms with Crippen LogP contribution in [0.4, 0.5) is 0 Å². The molecular formula is C19H37IN4O. The van der Waals surface area contributed by atoms with E-state index in [1.165, 1.54) is 12.0 Å². The Morgan fingerprint density at radius 3 is 2.52 bits per heavy atom. The molecule has 0 aromatic heterocycles. The molecule has 2 rings (SSSR count). The summed E-state index contributed by atoms with van der Waals surface area (Å²) < 4.78 is 0. The molecule has 25 heavy (non-hydrogen) atoms. The zero-order chi connectivity index (χ0) is 17.6. The van der Waals surface area contributed by atoms with E-state index in [1.807, 2.05) is 7.05 Å². The molecule has 146 valence electrons. The molecule has 1 aliphatic heterocycles. The summed E-state index contributed by atoms with van der Waals surface area (Å²) in [6.07, 6.45) is 6.42. The van der Waals surface area contributed by atoms with Crippen molar-refractivity contribution in [1.29, 1.82) is 0 Å². The summed E-state index contributed by atoms with van der Waals surface area (Å²) in [5, 5.41) is 17.3. The number of aliphatic hydroxyl groups excluding tert-OH is 1. The lowest BCUT2D eigenvalue weighted by molar-refractivity contribution is 0.00393. The summed E-state index contributed by atoms with van der Waals surface area (Å²) in [4.78, 5) is 6.84. The fourth-order valence-electron chi connectivity index (χ4n) is 3.88. The lowest BCUT2D eigenvalue weighted by atomic mass is 9.73. The SMILES string of the molecule is C=C(C)CN1CCC(NC(=NC)NCC2(C)CCCCC2O)CC1.I. The van der Waals surface area contributed by atoms with Crippen molar-refractivity contribution >= 4 is 29.9 Å². The lowest BCUT2D eigenvalue weighted by Crippen LogP contribution is -2.52. The van der Waals surface area contributed by atoms with E-state index >= 15 is 0 Å². The number of guanidine groups is 1. The predicted molar refractivity (Wildman–Crippen MR) is 117 cm³/mol. The van der Waals surface area contributed by atoms with Crippen LogP contribution in [0.3, 0.4) is 0 Å². The topological polar surface area (TPSA) is 59.9 Å². The maximum Gasteiger partial charge on any atom is 0.191 e.